The fraction of sp³-hybridized carbons (Fsp3) is 0.889. The molecule has 0 amide bonds. The molecule has 16 heavy (non-hydrogen) atoms. The Morgan fingerprint density at radius 1 is 1.50 bits per heavy atom. The summed E-state index contributed by atoms with van der Waals surface area (Å²) in [5, 5.41) is 7.54. The van der Waals surface area contributed by atoms with Crippen molar-refractivity contribution in [1.29, 1.82) is 5.41 Å². The Morgan fingerprint density at radius 3 is 2.25 bits per heavy atom. The SMILES string of the molecule is CCC(C)C(=N)OC(C)(C)CS(=O)(=O)[O-].[Na+]. The molecule has 0 spiro atoms. The van der Waals surface area contributed by atoms with E-state index in [2.05, 4.69) is 0 Å². The normalized spacial score (nSPS) is 13.8. The summed E-state index contributed by atoms with van der Waals surface area (Å²) in [7, 11) is -4.33. The van der Waals surface area contributed by atoms with Crippen LogP contribution in [0, 0.1) is 11.3 Å². The summed E-state index contributed by atoms with van der Waals surface area (Å²) in [5.41, 5.74) is -1.14. The second kappa shape index (κ2) is 6.96. The fourth-order valence-electron chi connectivity index (χ4n) is 1.04. The van der Waals surface area contributed by atoms with Crippen LogP contribution in [-0.2, 0) is 14.9 Å². The average Bonchev–Trinajstić information content (AvgIpc) is 1.96. The van der Waals surface area contributed by atoms with Crippen LogP contribution in [0.3, 0.4) is 0 Å². The minimum absolute atomic E-state index is 0. The number of ether oxygens (including phenoxy) is 1. The standard InChI is InChI=1S/C9H19NO4S.Na/c1-5-7(2)8(10)14-9(3,4)6-15(11,12)13;/h7,10H,5-6H2,1-4H3,(H,11,12,13);/q;+1/p-1. The van der Waals surface area contributed by atoms with Gasteiger partial charge in [0.15, 0.2) is 5.90 Å². The van der Waals surface area contributed by atoms with Gasteiger partial charge in [0.2, 0.25) is 0 Å². The number of hydrogen-bond acceptors (Lipinski definition) is 5. The van der Waals surface area contributed by atoms with Crippen LogP contribution in [0.2, 0.25) is 0 Å². The molecule has 7 heteroatoms. The largest absolute Gasteiger partial charge is 1.00 e. The topological polar surface area (TPSA) is 90.3 Å². The molecule has 0 saturated heterocycles. The van der Waals surface area contributed by atoms with Crippen molar-refractivity contribution >= 4 is 16.0 Å². The van der Waals surface area contributed by atoms with Crippen molar-refractivity contribution in [3.63, 3.8) is 0 Å². The van der Waals surface area contributed by atoms with Crippen LogP contribution in [0.15, 0.2) is 0 Å². The quantitative estimate of drug-likeness (QED) is 0.277. The van der Waals surface area contributed by atoms with Gasteiger partial charge in [0.05, 0.1) is 15.9 Å². The zero-order valence-corrected chi connectivity index (χ0v) is 13.3. The Hall–Kier alpha value is 0.380. The molecule has 0 aromatic carbocycles. The molecule has 0 radical (unpaired) electrons. The second-order valence-electron chi connectivity index (χ2n) is 4.24. The summed E-state index contributed by atoms with van der Waals surface area (Å²) < 4.78 is 36.9. The van der Waals surface area contributed by atoms with Crippen molar-refractivity contribution in [1.82, 2.24) is 0 Å². The van der Waals surface area contributed by atoms with Gasteiger partial charge in [0.1, 0.15) is 5.60 Å². The van der Waals surface area contributed by atoms with E-state index in [0.29, 0.717) is 0 Å². The van der Waals surface area contributed by atoms with E-state index >= 15 is 0 Å². The van der Waals surface area contributed by atoms with Gasteiger partial charge in [-0.25, -0.2) is 8.42 Å². The molecular weight excluding hydrogens is 241 g/mol. The van der Waals surface area contributed by atoms with Crippen molar-refractivity contribution in [2.45, 2.75) is 39.7 Å². The number of hydrogen-bond donors (Lipinski definition) is 1. The van der Waals surface area contributed by atoms with Gasteiger partial charge in [0.25, 0.3) is 0 Å². The van der Waals surface area contributed by atoms with Crippen molar-refractivity contribution in [2.75, 3.05) is 5.75 Å². The van der Waals surface area contributed by atoms with E-state index in [-0.39, 0.29) is 41.4 Å². The predicted molar refractivity (Wildman–Crippen MR) is 56.9 cm³/mol. The van der Waals surface area contributed by atoms with E-state index in [1.807, 2.05) is 13.8 Å². The summed E-state index contributed by atoms with van der Waals surface area (Å²) in [4.78, 5) is 0. The Balaban J connectivity index is 0. The average molecular weight is 259 g/mol. The Morgan fingerprint density at radius 2 is 1.94 bits per heavy atom. The van der Waals surface area contributed by atoms with Gasteiger partial charge >= 0.3 is 29.6 Å². The first-order chi connectivity index (χ1) is 6.57. The van der Waals surface area contributed by atoms with E-state index in [1.165, 1.54) is 13.8 Å². The zero-order valence-electron chi connectivity index (χ0n) is 10.5. The monoisotopic (exact) mass is 259 g/mol. The number of rotatable bonds is 5. The van der Waals surface area contributed by atoms with Gasteiger partial charge in [-0.15, -0.1) is 0 Å². The van der Waals surface area contributed by atoms with Crippen LogP contribution < -0.4 is 29.6 Å². The Labute approximate surface area is 119 Å². The summed E-state index contributed by atoms with van der Waals surface area (Å²) in [6.45, 7) is 6.68. The second-order valence-corrected chi connectivity index (χ2v) is 5.64. The maximum Gasteiger partial charge on any atom is 1.00 e. The van der Waals surface area contributed by atoms with Gasteiger partial charge in [-0.3, -0.25) is 5.41 Å². The third-order valence-electron chi connectivity index (χ3n) is 1.97. The van der Waals surface area contributed by atoms with E-state index in [9.17, 15) is 13.0 Å². The molecule has 0 aliphatic rings. The minimum atomic E-state index is -4.33. The van der Waals surface area contributed by atoms with Crippen LogP contribution in [0.5, 0.6) is 0 Å². The van der Waals surface area contributed by atoms with Crippen LogP contribution in [0.25, 0.3) is 0 Å². The van der Waals surface area contributed by atoms with Crippen LogP contribution >= 0.6 is 0 Å². The summed E-state index contributed by atoms with van der Waals surface area (Å²) in [6.07, 6.45) is 0.735. The van der Waals surface area contributed by atoms with E-state index < -0.39 is 21.5 Å². The van der Waals surface area contributed by atoms with Gasteiger partial charge in [0, 0.05) is 5.92 Å². The molecule has 0 aliphatic carbocycles. The molecule has 0 bridgehead atoms. The molecule has 1 N–H and O–H groups in total. The van der Waals surface area contributed by atoms with Crippen molar-refractivity contribution in [3.05, 3.63) is 0 Å². The maximum absolute atomic E-state index is 10.6. The minimum Gasteiger partial charge on any atom is -0.748 e. The maximum atomic E-state index is 10.6. The third kappa shape index (κ3) is 8.52. The fourth-order valence-corrected chi connectivity index (χ4v) is 1.95. The molecular formula is C9H18NNaO4S. The van der Waals surface area contributed by atoms with Gasteiger partial charge in [-0.1, -0.05) is 13.8 Å². The van der Waals surface area contributed by atoms with Crippen LogP contribution in [-0.4, -0.2) is 30.2 Å². The third-order valence-corrected chi connectivity index (χ3v) is 3.02. The molecule has 1 unspecified atom stereocenters. The first-order valence-corrected chi connectivity index (χ1v) is 6.36. The van der Waals surface area contributed by atoms with Crippen molar-refractivity contribution < 1.29 is 47.3 Å². The molecule has 0 heterocycles. The van der Waals surface area contributed by atoms with Gasteiger partial charge < -0.3 is 9.29 Å². The van der Waals surface area contributed by atoms with E-state index in [0.717, 1.165) is 6.42 Å². The predicted octanol–water partition coefficient (Wildman–Crippen LogP) is -1.65. The number of nitrogens with one attached hydrogen (secondary N) is 1. The Kier molecular flexibility index (Phi) is 8.15. The first kappa shape index (κ1) is 18.7. The van der Waals surface area contributed by atoms with Crippen molar-refractivity contribution in [2.24, 2.45) is 5.92 Å². The zero-order chi connectivity index (χ0) is 12.3. The Bertz CT molecular complexity index is 326. The summed E-state index contributed by atoms with van der Waals surface area (Å²) in [5.74, 6) is -0.677. The molecule has 0 aromatic rings. The van der Waals surface area contributed by atoms with Gasteiger partial charge in [-0.05, 0) is 20.3 Å². The first-order valence-electron chi connectivity index (χ1n) is 4.78. The van der Waals surface area contributed by atoms with Crippen LogP contribution in [0.4, 0.5) is 0 Å². The molecule has 90 valence electrons. The molecule has 0 aromatic heterocycles. The molecule has 0 rings (SSSR count). The molecule has 0 aliphatic heterocycles. The molecule has 0 fully saturated rings. The van der Waals surface area contributed by atoms with E-state index in [1.54, 1.807) is 0 Å². The molecule has 0 saturated carbocycles. The molecule has 5 nitrogen and oxygen atoms in total. The van der Waals surface area contributed by atoms with Crippen molar-refractivity contribution in [3.8, 4) is 0 Å². The molecule has 1 atom stereocenters. The summed E-state index contributed by atoms with van der Waals surface area (Å²) >= 11 is 0. The van der Waals surface area contributed by atoms with Gasteiger partial charge in [-0.2, -0.15) is 0 Å². The summed E-state index contributed by atoms with van der Waals surface area (Å²) in [6, 6.07) is 0. The van der Waals surface area contributed by atoms with E-state index in [4.69, 9.17) is 10.1 Å². The smallest absolute Gasteiger partial charge is 0.748 e. The van der Waals surface area contributed by atoms with Crippen LogP contribution in [0.1, 0.15) is 34.1 Å².